The van der Waals surface area contributed by atoms with Crippen LogP contribution >= 0.6 is 0 Å². The molecule has 0 amide bonds. The van der Waals surface area contributed by atoms with Crippen LogP contribution in [0.15, 0.2) is 54.9 Å². The molecule has 3 nitrogen and oxygen atoms in total. The number of rotatable bonds is 3. The van der Waals surface area contributed by atoms with Crippen LogP contribution in [-0.2, 0) is 0 Å². The monoisotopic (exact) mass is 265 g/mol. The third-order valence-corrected chi connectivity index (χ3v) is 3.36. The van der Waals surface area contributed by atoms with Gasteiger partial charge in [0.25, 0.3) is 0 Å². The second-order valence-corrected chi connectivity index (χ2v) is 4.50. The molecular formula is C17H15NO2. The minimum absolute atomic E-state index is 0.785. The molecule has 0 unspecified atom stereocenters. The van der Waals surface area contributed by atoms with Crippen LogP contribution in [0.5, 0.6) is 11.5 Å². The molecule has 0 aliphatic carbocycles. The molecule has 1 heterocycles. The highest BCUT2D eigenvalue weighted by atomic mass is 16.5. The van der Waals surface area contributed by atoms with Crippen LogP contribution in [0.1, 0.15) is 0 Å². The maximum atomic E-state index is 5.46. The van der Waals surface area contributed by atoms with Crippen LogP contribution in [0.25, 0.3) is 21.9 Å². The second-order valence-electron chi connectivity index (χ2n) is 4.50. The Balaban J connectivity index is 2.14. The van der Waals surface area contributed by atoms with Gasteiger partial charge in [0.15, 0.2) is 0 Å². The average molecular weight is 265 g/mol. The maximum Gasteiger partial charge on any atom is 0.130 e. The predicted molar refractivity (Wildman–Crippen MR) is 80.3 cm³/mol. The summed E-state index contributed by atoms with van der Waals surface area (Å²) in [5.41, 5.74) is 2.14. The van der Waals surface area contributed by atoms with Gasteiger partial charge < -0.3 is 9.47 Å². The number of ether oxygens (including phenoxy) is 2. The number of methoxy groups -OCH3 is 2. The first kappa shape index (κ1) is 12.5. The highest BCUT2D eigenvalue weighted by molar-refractivity contribution is 5.87. The van der Waals surface area contributed by atoms with Gasteiger partial charge in [0, 0.05) is 29.4 Å². The van der Waals surface area contributed by atoms with E-state index in [0.717, 1.165) is 28.0 Å². The number of benzene rings is 2. The van der Waals surface area contributed by atoms with Crippen molar-refractivity contribution in [3.63, 3.8) is 0 Å². The first-order valence-corrected chi connectivity index (χ1v) is 6.38. The van der Waals surface area contributed by atoms with Crippen molar-refractivity contribution in [2.75, 3.05) is 14.2 Å². The average Bonchev–Trinajstić information content (AvgIpc) is 2.53. The summed E-state index contributed by atoms with van der Waals surface area (Å²) in [6.07, 6.45) is 3.67. The number of pyridine rings is 1. The molecule has 3 aromatic rings. The Morgan fingerprint density at radius 2 is 1.75 bits per heavy atom. The second kappa shape index (κ2) is 5.21. The van der Waals surface area contributed by atoms with E-state index < -0.39 is 0 Å². The van der Waals surface area contributed by atoms with Crippen LogP contribution in [0, 0.1) is 0 Å². The molecule has 0 radical (unpaired) electrons. The van der Waals surface area contributed by atoms with E-state index in [9.17, 15) is 0 Å². The van der Waals surface area contributed by atoms with E-state index in [0.29, 0.717) is 0 Å². The fourth-order valence-corrected chi connectivity index (χ4v) is 2.29. The Labute approximate surface area is 117 Å². The molecule has 0 N–H and O–H groups in total. The van der Waals surface area contributed by atoms with Gasteiger partial charge in [-0.25, -0.2) is 0 Å². The molecule has 3 heteroatoms. The summed E-state index contributed by atoms with van der Waals surface area (Å²) in [7, 11) is 3.32. The lowest BCUT2D eigenvalue weighted by Gasteiger charge is -2.11. The summed E-state index contributed by atoms with van der Waals surface area (Å²) in [5, 5.41) is 2.29. The summed E-state index contributed by atoms with van der Waals surface area (Å²) in [6.45, 7) is 0. The third kappa shape index (κ3) is 2.18. The zero-order valence-electron chi connectivity index (χ0n) is 11.5. The number of nitrogens with zero attached hydrogens (tertiary/aromatic N) is 1. The fraction of sp³-hybridized carbons (Fsp3) is 0.118. The Kier molecular flexibility index (Phi) is 3.25. The van der Waals surface area contributed by atoms with Gasteiger partial charge in [-0.15, -0.1) is 0 Å². The SMILES string of the molecule is COc1ccc(-c2ccc3ccncc3c2)c(OC)c1. The molecule has 3 rings (SSSR count). The summed E-state index contributed by atoms with van der Waals surface area (Å²) in [6, 6.07) is 14.1. The smallest absolute Gasteiger partial charge is 0.130 e. The normalized spacial score (nSPS) is 10.5. The van der Waals surface area contributed by atoms with Crippen molar-refractivity contribution in [2.45, 2.75) is 0 Å². The molecule has 0 saturated carbocycles. The van der Waals surface area contributed by atoms with Crippen molar-refractivity contribution < 1.29 is 9.47 Å². The number of aromatic nitrogens is 1. The van der Waals surface area contributed by atoms with E-state index in [1.54, 1.807) is 20.4 Å². The van der Waals surface area contributed by atoms with E-state index in [-0.39, 0.29) is 0 Å². The molecule has 0 bridgehead atoms. The predicted octanol–water partition coefficient (Wildman–Crippen LogP) is 3.92. The van der Waals surface area contributed by atoms with Crippen molar-refractivity contribution >= 4 is 10.8 Å². The van der Waals surface area contributed by atoms with Crippen molar-refractivity contribution in [3.8, 4) is 22.6 Å². The molecule has 1 aromatic heterocycles. The van der Waals surface area contributed by atoms with E-state index in [2.05, 4.69) is 23.2 Å². The number of hydrogen-bond acceptors (Lipinski definition) is 3. The molecule has 0 fully saturated rings. The van der Waals surface area contributed by atoms with Gasteiger partial charge >= 0.3 is 0 Å². The van der Waals surface area contributed by atoms with Crippen molar-refractivity contribution in [2.24, 2.45) is 0 Å². The molecule has 0 saturated heterocycles. The molecule has 2 aromatic carbocycles. The van der Waals surface area contributed by atoms with E-state index in [1.807, 2.05) is 30.5 Å². The standard InChI is InChI=1S/C17H15NO2/c1-19-15-5-6-16(17(10-15)20-2)13-4-3-12-7-8-18-11-14(12)9-13/h3-11H,1-2H3. The Hall–Kier alpha value is -2.55. The van der Waals surface area contributed by atoms with Crippen LogP contribution in [0.4, 0.5) is 0 Å². The Bertz CT molecular complexity index is 753. The van der Waals surface area contributed by atoms with Crippen molar-refractivity contribution in [1.29, 1.82) is 0 Å². The zero-order chi connectivity index (χ0) is 13.9. The molecule has 0 aliphatic rings. The fourth-order valence-electron chi connectivity index (χ4n) is 2.29. The minimum Gasteiger partial charge on any atom is -0.497 e. The summed E-state index contributed by atoms with van der Waals surface area (Å²) in [5.74, 6) is 1.58. The van der Waals surface area contributed by atoms with Crippen molar-refractivity contribution in [3.05, 3.63) is 54.9 Å². The van der Waals surface area contributed by atoms with Crippen LogP contribution in [-0.4, -0.2) is 19.2 Å². The molecule has 100 valence electrons. The van der Waals surface area contributed by atoms with Gasteiger partial charge in [0.05, 0.1) is 14.2 Å². The van der Waals surface area contributed by atoms with E-state index >= 15 is 0 Å². The molecule has 0 atom stereocenters. The Morgan fingerprint density at radius 3 is 2.55 bits per heavy atom. The quantitative estimate of drug-likeness (QED) is 0.719. The van der Waals surface area contributed by atoms with Gasteiger partial charge in [-0.05, 0) is 35.2 Å². The molecule has 0 spiro atoms. The minimum atomic E-state index is 0.785. The van der Waals surface area contributed by atoms with Crippen molar-refractivity contribution in [1.82, 2.24) is 4.98 Å². The molecule has 0 aliphatic heterocycles. The van der Waals surface area contributed by atoms with Gasteiger partial charge in [-0.3, -0.25) is 4.98 Å². The highest BCUT2D eigenvalue weighted by Crippen LogP contribution is 2.34. The lowest BCUT2D eigenvalue weighted by molar-refractivity contribution is 0.395. The van der Waals surface area contributed by atoms with Crippen LogP contribution in [0.2, 0.25) is 0 Å². The maximum absolute atomic E-state index is 5.46. The van der Waals surface area contributed by atoms with E-state index in [1.165, 1.54) is 5.39 Å². The zero-order valence-corrected chi connectivity index (χ0v) is 11.5. The first-order valence-electron chi connectivity index (χ1n) is 6.38. The van der Waals surface area contributed by atoms with Gasteiger partial charge in [-0.1, -0.05) is 12.1 Å². The summed E-state index contributed by atoms with van der Waals surface area (Å²) in [4.78, 5) is 4.17. The highest BCUT2D eigenvalue weighted by Gasteiger charge is 2.08. The number of hydrogen-bond donors (Lipinski definition) is 0. The van der Waals surface area contributed by atoms with Gasteiger partial charge in [0.1, 0.15) is 11.5 Å². The van der Waals surface area contributed by atoms with Gasteiger partial charge in [0.2, 0.25) is 0 Å². The topological polar surface area (TPSA) is 31.4 Å². The Morgan fingerprint density at radius 1 is 0.850 bits per heavy atom. The largest absolute Gasteiger partial charge is 0.497 e. The molecule has 20 heavy (non-hydrogen) atoms. The third-order valence-electron chi connectivity index (χ3n) is 3.36. The number of fused-ring (bicyclic) bond motifs is 1. The van der Waals surface area contributed by atoms with Crippen LogP contribution < -0.4 is 9.47 Å². The molecular weight excluding hydrogens is 250 g/mol. The first-order chi connectivity index (χ1) is 9.81. The summed E-state index contributed by atoms with van der Waals surface area (Å²) < 4.78 is 10.7. The van der Waals surface area contributed by atoms with Gasteiger partial charge in [-0.2, -0.15) is 0 Å². The lowest BCUT2D eigenvalue weighted by Crippen LogP contribution is -1.90. The van der Waals surface area contributed by atoms with Crippen LogP contribution in [0.3, 0.4) is 0 Å². The lowest BCUT2D eigenvalue weighted by atomic mass is 10.0. The summed E-state index contributed by atoms with van der Waals surface area (Å²) >= 11 is 0. The van der Waals surface area contributed by atoms with E-state index in [4.69, 9.17) is 9.47 Å².